The van der Waals surface area contributed by atoms with Crippen LogP contribution < -0.4 is 24.8 Å². The molecule has 2 aliphatic carbocycles. The maximum absolute atomic E-state index is 6.19. The molecule has 29 heavy (non-hydrogen) atoms. The maximum Gasteiger partial charge on any atom is -1.00 e. The summed E-state index contributed by atoms with van der Waals surface area (Å²) in [6, 6.07) is 0. The van der Waals surface area contributed by atoms with Crippen molar-refractivity contribution in [2.45, 2.75) is 59.0 Å². The van der Waals surface area contributed by atoms with Crippen LogP contribution in [-0.2, 0) is 41.6 Å². The van der Waals surface area contributed by atoms with E-state index in [1.54, 1.807) is 0 Å². The molecule has 0 aromatic carbocycles. The molecule has 0 saturated carbocycles. The van der Waals surface area contributed by atoms with Gasteiger partial charge >= 0.3 is 178 Å². The second kappa shape index (κ2) is 10.8. The van der Waals surface area contributed by atoms with Gasteiger partial charge < -0.3 is 24.8 Å². The Bertz CT molecular complexity index is 674. The third-order valence-corrected chi connectivity index (χ3v) is 10.3. The van der Waals surface area contributed by atoms with E-state index in [0.717, 1.165) is 24.4 Å². The SMILES string of the molecule is CC1C2=CC[C](=C2OCO[Si](C)(C)C)[Zr+2][C]2=C(OCO[Si](C)(C)C)C1=CC2.[Cl-].[Cl-]. The van der Waals surface area contributed by atoms with Crippen molar-refractivity contribution in [2.24, 2.45) is 5.92 Å². The number of halogens is 2. The van der Waals surface area contributed by atoms with Gasteiger partial charge in [0.25, 0.3) is 0 Å². The molecule has 0 N–H and O–H groups in total. The summed E-state index contributed by atoms with van der Waals surface area (Å²) in [5.41, 5.74) is 2.65. The van der Waals surface area contributed by atoms with Crippen LogP contribution in [0.2, 0.25) is 39.3 Å². The normalized spacial score (nSPS) is 18.6. The van der Waals surface area contributed by atoms with Gasteiger partial charge in [-0.05, 0) is 0 Å². The summed E-state index contributed by atoms with van der Waals surface area (Å²) in [6.45, 7) is 16.2. The van der Waals surface area contributed by atoms with Crippen LogP contribution in [0.25, 0.3) is 0 Å². The van der Waals surface area contributed by atoms with Gasteiger partial charge in [0, 0.05) is 0 Å². The Labute approximate surface area is 201 Å². The fraction of sp³-hybridized carbons (Fsp3) is 0.600. The van der Waals surface area contributed by atoms with Gasteiger partial charge in [-0.3, -0.25) is 0 Å². The van der Waals surface area contributed by atoms with Gasteiger partial charge in [0.1, 0.15) is 0 Å². The van der Waals surface area contributed by atoms with Crippen LogP contribution in [0.15, 0.2) is 41.4 Å². The smallest absolute Gasteiger partial charge is 1.00 e. The number of hydrogen-bond donors (Lipinski definition) is 0. The van der Waals surface area contributed by atoms with Crippen molar-refractivity contribution in [2.75, 3.05) is 13.6 Å². The molecule has 3 rings (SSSR count). The summed E-state index contributed by atoms with van der Waals surface area (Å²) in [7, 11) is -3.13. The molecule has 0 spiro atoms. The average molecular weight is 555 g/mol. The summed E-state index contributed by atoms with van der Waals surface area (Å²) >= 11 is -0.893. The molecule has 0 aromatic rings. The largest absolute Gasteiger partial charge is 1.00 e. The average Bonchev–Trinajstić information content (AvgIpc) is 3.11. The zero-order valence-electron chi connectivity index (χ0n) is 18.4. The molecule has 0 amide bonds. The molecule has 0 radical (unpaired) electrons. The minimum atomic E-state index is -1.57. The van der Waals surface area contributed by atoms with Crippen molar-refractivity contribution in [3.05, 3.63) is 41.4 Å². The van der Waals surface area contributed by atoms with Crippen LogP contribution >= 0.6 is 0 Å². The van der Waals surface area contributed by atoms with Crippen LogP contribution in [0.5, 0.6) is 0 Å². The Kier molecular flexibility index (Phi) is 10.2. The van der Waals surface area contributed by atoms with Gasteiger partial charge in [-0.25, -0.2) is 0 Å². The van der Waals surface area contributed by atoms with Gasteiger partial charge in [0.05, 0.1) is 0 Å². The van der Waals surface area contributed by atoms with E-state index >= 15 is 0 Å². The zero-order valence-corrected chi connectivity index (χ0v) is 24.4. The van der Waals surface area contributed by atoms with Crippen LogP contribution in [-0.4, -0.2) is 30.2 Å². The quantitative estimate of drug-likeness (QED) is 0.299. The van der Waals surface area contributed by atoms with Crippen molar-refractivity contribution in [1.82, 2.24) is 0 Å². The summed E-state index contributed by atoms with van der Waals surface area (Å²) in [5.74, 6) is 2.56. The number of ether oxygens (including phenoxy) is 2. The molecule has 0 atom stereocenters. The second-order valence-corrected chi connectivity index (χ2v) is 21.8. The minimum Gasteiger partial charge on any atom is -1.00 e. The van der Waals surface area contributed by atoms with E-state index in [1.807, 2.05) is 0 Å². The predicted molar refractivity (Wildman–Crippen MR) is 109 cm³/mol. The van der Waals surface area contributed by atoms with Gasteiger partial charge in [-0.1, -0.05) is 0 Å². The molecule has 0 fully saturated rings. The first-order chi connectivity index (χ1) is 12.6. The van der Waals surface area contributed by atoms with E-state index in [9.17, 15) is 0 Å². The Morgan fingerprint density at radius 1 is 0.793 bits per heavy atom. The molecule has 0 unspecified atom stereocenters. The molecule has 4 nitrogen and oxygen atoms in total. The zero-order chi connectivity index (χ0) is 19.8. The number of allylic oxidation sites excluding steroid dienone is 6. The molecule has 0 saturated heterocycles. The van der Waals surface area contributed by atoms with Gasteiger partial charge in [0.15, 0.2) is 0 Å². The monoisotopic (exact) mass is 552 g/mol. The number of rotatable bonds is 8. The first kappa shape index (κ1) is 27.4. The molecule has 1 aliphatic heterocycles. The number of fused-ring (bicyclic) bond motifs is 2. The van der Waals surface area contributed by atoms with E-state index in [1.165, 1.54) is 17.7 Å². The van der Waals surface area contributed by atoms with Crippen molar-refractivity contribution < 1.29 is 66.4 Å². The van der Waals surface area contributed by atoms with Crippen molar-refractivity contribution >= 4 is 16.6 Å². The molecular formula is C20H32Cl2O4Si2Zr. The van der Waals surface area contributed by atoms with E-state index < -0.39 is 39.9 Å². The van der Waals surface area contributed by atoms with Gasteiger partial charge in [-0.15, -0.1) is 0 Å². The van der Waals surface area contributed by atoms with Gasteiger partial charge in [0.2, 0.25) is 0 Å². The molecule has 9 heteroatoms. The van der Waals surface area contributed by atoms with Crippen LogP contribution in [0.4, 0.5) is 0 Å². The topological polar surface area (TPSA) is 36.9 Å². The molecule has 1 heterocycles. The summed E-state index contributed by atoms with van der Waals surface area (Å²) in [6.07, 6.45) is 6.82. The molecule has 3 aliphatic rings. The van der Waals surface area contributed by atoms with E-state index in [2.05, 4.69) is 58.4 Å². The standard InChI is InChI=1S/C20H32O4Si2.2ClH.Zr/c1-16(17-10-8-12-19(17)21-14-23-25(2,3)4)18-11-9-13-20(18)22-15-24-26(5,6)7;;;/h10-11,16H,8-9,14-15H2,1-7H3;2*1H;/q;;;+2/p-2. The third kappa shape index (κ3) is 7.20. The fourth-order valence-electron chi connectivity index (χ4n) is 3.33. The third-order valence-electron chi connectivity index (χ3n) is 4.75. The Balaban J connectivity index is 0.00000210. The first-order valence-corrected chi connectivity index (χ1v) is 19.0. The Morgan fingerprint density at radius 2 is 1.17 bits per heavy atom. The summed E-state index contributed by atoms with van der Waals surface area (Å²) < 4.78 is 27.3. The van der Waals surface area contributed by atoms with E-state index in [-0.39, 0.29) is 24.8 Å². The van der Waals surface area contributed by atoms with Crippen molar-refractivity contribution in [3.8, 4) is 0 Å². The van der Waals surface area contributed by atoms with Crippen molar-refractivity contribution in [3.63, 3.8) is 0 Å². The minimum absolute atomic E-state index is 0. The molecule has 4 bridgehead atoms. The predicted octanol–water partition coefficient (Wildman–Crippen LogP) is -0.539. The Hall–Kier alpha value is 0.377. The molecular weight excluding hydrogens is 523 g/mol. The summed E-state index contributed by atoms with van der Waals surface area (Å²) in [4.78, 5) is 0. The first-order valence-electron chi connectivity index (χ1n) is 9.73. The number of hydrogen-bond acceptors (Lipinski definition) is 4. The van der Waals surface area contributed by atoms with Crippen LogP contribution in [0.1, 0.15) is 19.8 Å². The maximum atomic E-state index is 6.19. The van der Waals surface area contributed by atoms with E-state index in [4.69, 9.17) is 18.3 Å². The van der Waals surface area contributed by atoms with Crippen LogP contribution in [0.3, 0.4) is 0 Å². The fourth-order valence-corrected chi connectivity index (χ4v) is 7.67. The van der Waals surface area contributed by atoms with Gasteiger partial charge in [-0.2, -0.15) is 0 Å². The second-order valence-electron chi connectivity index (χ2n) is 9.23. The van der Waals surface area contributed by atoms with E-state index in [0.29, 0.717) is 19.5 Å². The van der Waals surface area contributed by atoms with Crippen LogP contribution in [0, 0.1) is 5.92 Å². The molecule has 162 valence electrons. The molecule has 0 aromatic heterocycles. The summed E-state index contributed by atoms with van der Waals surface area (Å²) in [5, 5.41) is 0. The Morgan fingerprint density at radius 3 is 1.52 bits per heavy atom. The van der Waals surface area contributed by atoms with Crippen molar-refractivity contribution in [1.29, 1.82) is 0 Å².